The predicted octanol–water partition coefficient (Wildman–Crippen LogP) is 2.32. The summed E-state index contributed by atoms with van der Waals surface area (Å²) in [5.74, 6) is -1.65. The molecule has 0 unspecified atom stereocenters. The highest BCUT2D eigenvalue weighted by Crippen LogP contribution is 2.41. The zero-order chi connectivity index (χ0) is 17.2. The highest BCUT2D eigenvalue weighted by atomic mass is 16.6. The Morgan fingerprint density at radius 2 is 1.78 bits per heavy atom. The van der Waals surface area contributed by atoms with E-state index < -0.39 is 35.5 Å². The number of esters is 2. The summed E-state index contributed by atoms with van der Waals surface area (Å²) in [6.45, 7) is 5.35. The van der Waals surface area contributed by atoms with Crippen LogP contribution in [0, 0.1) is 5.92 Å². The number of methoxy groups -OCH3 is 1. The Morgan fingerprint density at radius 3 is 2.30 bits per heavy atom. The average Bonchev–Trinajstić information content (AvgIpc) is 2.83. The van der Waals surface area contributed by atoms with Gasteiger partial charge in [0.2, 0.25) is 0 Å². The minimum Gasteiger partial charge on any atom is -0.468 e. The molecule has 1 aliphatic rings. The van der Waals surface area contributed by atoms with Gasteiger partial charge in [-0.15, -0.1) is 0 Å². The third-order valence-electron chi connectivity index (χ3n) is 3.79. The maximum atomic E-state index is 12.5. The zero-order valence-corrected chi connectivity index (χ0v) is 13.9. The number of hydrogen-bond acceptors (Lipinski definition) is 6. The van der Waals surface area contributed by atoms with E-state index >= 15 is 0 Å². The van der Waals surface area contributed by atoms with Gasteiger partial charge in [0.05, 0.1) is 19.1 Å². The molecule has 3 atom stereocenters. The topological polar surface area (TPSA) is 76.1 Å². The maximum Gasteiger partial charge on any atom is 0.325 e. The van der Waals surface area contributed by atoms with E-state index in [2.05, 4.69) is 0 Å². The Hall–Kier alpha value is -1.92. The van der Waals surface area contributed by atoms with Crippen LogP contribution in [0.15, 0.2) is 30.3 Å². The van der Waals surface area contributed by atoms with Crippen LogP contribution >= 0.6 is 0 Å². The molecule has 0 aliphatic carbocycles. The van der Waals surface area contributed by atoms with E-state index in [9.17, 15) is 14.8 Å². The molecule has 0 saturated carbocycles. The Morgan fingerprint density at radius 1 is 1.17 bits per heavy atom. The number of hydrogen-bond donors (Lipinski definition) is 1. The van der Waals surface area contributed by atoms with Gasteiger partial charge < -0.3 is 14.7 Å². The number of rotatable bonds is 3. The van der Waals surface area contributed by atoms with Crippen molar-refractivity contribution in [1.29, 1.82) is 0 Å². The Labute approximate surface area is 135 Å². The monoisotopic (exact) mass is 321 g/mol. The normalized spacial score (nSPS) is 25.2. The van der Waals surface area contributed by atoms with E-state index in [0.29, 0.717) is 0 Å². The maximum absolute atomic E-state index is 12.5. The van der Waals surface area contributed by atoms with Gasteiger partial charge in [-0.25, -0.2) is 0 Å². The van der Waals surface area contributed by atoms with Gasteiger partial charge in [-0.1, -0.05) is 30.3 Å². The van der Waals surface area contributed by atoms with Crippen molar-refractivity contribution in [3.05, 3.63) is 35.9 Å². The van der Waals surface area contributed by atoms with Gasteiger partial charge in [-0.2, -0.15) is 5.06 Å². The fourth-order valence-corrected chi connectivity index (χ4v) is 2.83. The first-order valence-electron chi connectivity index (χ1n) is 7.57. The first kappa shape index (κ1) is 17.4. The van der Waals surface area contributed by atoms with Crippen molar-refractivity contribution >= 4 is 11.9 Å². The summed E-state index contributed by atoms with van der Waals surface area (Å²) in [4.78, 5) is 24.4. The molecule has 1 aliphatic heterocycles. The molecule has 6 heteroatoms. The molecular formula is C17H23NO5. The lowest BCUT2D eigenvalue weighted by atomic mass is 9.93. The molecule has 23 heavy (non-hydrogen) atoms. The molecule has 1 fully saturated rings. The van der Waals surface area contributed by atoms with Gasteiger partial charge in [0.15, 0.2) is 0 Å². The van der Waals surface area contributed by atoms with Gasteiger partial charge in [0, 0.05) is 0 Å². The van der Waals surface area contributed by atoms with Crippen LogP contribution in [0.4, 0.5) is 0 Å². The molecule has 0 spiro atoms. The fraction of sp³-hybridized carbons (Fsp3) is 0.529. The number of nitrogens with zero attached hydrogens (tertiary/aromatic N) is 1. The van der Waals surface area contributed by atoms with Crippen molar-refractivity contribution < 1.29 is 24.3 Å². The number of carbonyl (C=O) groups excluding carboxylic acids is 2. The molecule has 2 rings (SSSR count). The van der Waals surface area contributed by atoms with Crippen molar-refractivity contribution in [1.82, 2.24) is 5.06 Å². The lowest BCUT2D eigenvalue weighted by molar-refractivity contribution is -0.179. The molecular weight excluding hydrogens is 298 g/mol. The van der Waals surface area contributed by atoms with Crippen molar-refractivity contribution in [3.63, 3.8) is 0 Å². The van der Waals surface area contributed by atoms with Crippen molar-refractivity contribution in [2.45, 2.75) is 44.9 Å². The highest BCUT2D eigenvalue weighted by Gasteiger charge is 2.49. The first-order valence-corrected chi connectivity index (χ1v) is 7.57. The zero-order valence-electron chi connectivity index (χ0n) is 13.9. The second-order valence-electron chi connectivity index (χ2n) is 6.65. The lowest BCUT2D eigenvalue weighted by Crippen LogP contribution is -2.36. The van der Waals surface area contributed by atoms with Gasteiger partial charge in [0.25, 0.3) is 0 Å². The van der Waals surface area contributed by atoms with Crippen LogP contribution in [0.2, 0.25) is 0 Å². The number of hydroxylamine groups is 2. The Kier molecular flexibility index (Phi) is 5.06. The molecule has 0 amide bonds. The van der Waals surface area contributed by atoms with E-state index in [-0.39, 0.29) is 6.42 Å². The van der Waals surface area contributed by atoms with Gasteiger partial charge in [0.1, 0.15) is 11.6 Å². The number of ether oxygens (including phenoxy) is 2. The quantitative estimate of drug-likeness (QED) is 0.861. The summed E-state index contributed by atoms with van der Waals surface area (Å²) in [5, 5.41) is 11.4. The number of carbonyl (C=O) groups is 2. The fourth-order valence-electron chi connectivity index (χ4n) is 2.83. The highest BCUT2D eigenvalue weighted by molar-refractivity contribution is 5.80. The molecule has 1 saturated heterocycles. The SMILES string of the molecule is COC(=O)[C@@H]1C[C@H](C(=O)OC(C)(C)C)[C@H](c2ccccc2)N1O. The van der Waals surface area contributed by atoms with Crippen LogP contribution in [-0.4, -0.2) is 41.0 Å². The average molecular weight is 321 g/mol. The van der Waals surface area contributed by atoms with Crippen LogP contribution in [0.5, 0.6) is 0 Å². The smallest absolute Gasteiger partial charge is 0.325 e. The molecule has 126 valence electrons. The summed E-state index contributed by atoms with van der Waals surface area (Å²) in [5.41, 5.74) is 0.111. The molecule has 1 heterocycles. The van der Waals surface area contributed by atoms with E-state index in [1.165, 1.54) is 7.11 Å². The van der Waals surface area contributed by atoms with Gasteiger partial charge in [-0.3, -0.25) is 9.59 Å². The molecule has 1 aromatic carbocycles. The molecule has 0 radical (unpaired) electrons. The van der Waals surface area contributed by atoms with Crippen LogP contribution in [0.25, 0.3) is 0 Å². The third kappa shape index (κ3) is 3.89. The standard InChI is InChI=1S/C17H23NO5/c1-17(2,3)23-15(19)12-10-13(16(20)22-4)18(21)14(12)11-8-6-5-7-9-11/h5-9,12-14,21H,10H2,1-4H3/t12-,13-,14-/m0/s1. The van der Waals surface area contributed by atoms with E-state index in [4.69, 9.17) is 9.47 Å². The van der Waals surface area contributed by atoms with Crippen LogP contribution in [0.1, 0.15) is 38.8 Å². The van der Waals surface area contributed by atoms with Crippen LogP contribution < -0.4 is 0 Å². The van der Waals surface area contributed by atoms with Crippen molar-refractivity contribution in [2.75, 3.05) is 7.11 Å². The lowest BCUT2D eigenvalue weighted by Gasteiger charge is -2.27. The largest absolute Gasteiger partial charge is 0.468 e. The molecule has 1 N–H and O–H groups in total. The first-order chi connectivity index (χ1) is 10.7. The van der Waals surface area contributed by atoms with Crippen LogP contribution in [0.3, 0.4) is 0 Å². The molecule has 0 bridgehead atoms. The second kappa shape index (κ2) is 6.68. The number of benzene rings is 1. The molecule has 0 aromatic heterocycles. The molecule has 1 aromatic rings. The summed E-state index contributed by atoms with van der Waals surface area (Å²) >= 11 is 0. The summed E-state index contributed by atoms with van der Waals surface area (Å²) in [7, 11) is 1.26. The van der Waals surface area contributed by atoms with Crippen molar-refractivity contribution in [2.24, 2.45) is 5.92 Å². The Bertz CT molecular complexity index is 566. The van der Waals surface area contributed by atoms with Crippen LogP contribution in [-0.2, 0) is 19.1 Å². The minimum atomic E-state index is -0.886. The summed E-state index contributed by atoms with van der Waals surface area (Å²) < 4.78 is 10.2. The minimum absolute atomic E-state index is 0.150. The van der Waals surface area contributed by atoms with Gasteiger partial charge in [-0.05, 0) is 32.8 Å². The second-order valence-corrected chi connectivity index (χ2v) is 6.65. The van der Waals surface area contributed by atoms with Crippen molar-refractivity contribution in [3.8, 4) is 0 Å². The van der Waals surface area contributed by atoms with E-state index in [0.717, 1.165) is 10.6 Å². The predicted molar refractivity (Wildman–Crippen MR) is 82.6 cm³/mol. The summed E-state index contributed by atoms with van der Waals surface area (Å²) in [6.07, 6.45) is 0.150. The van der Waals surface area contributed by atoms with E-state index in [1.807, 2.05) is 30.3 Å². The van der Waals surface area contributed by atoms with E-state index in [1.54, 1.807) is 20.8 Å². The molecule has 6 nitrogen and oxygen atoms in total. The Balaban J connectivity index is 2.33. The van der Waals surface area contributed by atoms with Gasteiger partial charge >= 0.3 is 11.9 Å². The third-order valence-corrected chi connectivity index (χ3v) is 3.79. The summed E-state index contributed by atoms with van der Waals surface area (Å²) in [6, 6.07) is 7.58.